The van der Waals surface area contributed by atoms with Gasteiger partial charge in [0.2, 0.25) is 0 Å². The van der Waals surface area contributed by atoms with Crippen LogP contribution in [0, 0.1) is 0 Å². The molecule has 1 N–H and O–H groups in total. The van der Waals surface area contributed by atoms with Crippen LogP contribution in [0.4, 0.5) is 10.6 Å². The topological polar surface area (TPSA) is 66.3 Å². The summed E-state index contributed by atoms with van der Waals surface area (Å²) in [6.45, 7) is 8.20. The first-order valence-electron chi connectivity index (χ1n) is 10.5. The number of carbonyl (C=O) groups is 1. The van der Waals surface area contributed by atoms with Crippen LogP contribution in [0.3, 0.4) is 0 Å². The molecule has 29 heavy (non-hydrogen) atoms. The summed E-state index contributed by atoms with van der Waals surface area (Å²) >= 11 is 0. The molecule has 2 aromatic heterocycles. The SMILES string of the molecule is CN(CCC1CCCCN1C)C(=O)Nc1cc(C(C)(C)C)nn1-c1ccccn1. The van der Waals surface area contributed by atoms with Crippen LogP contribution in [0.25, 0.3) is 5.82 Å². The van der Waals surface area contributed by atoms with E-state index in [0.717, 1.165) is 25.2 Å². The molecule has 7 nitrogen and oxygen atoms in total. The van der Waals surface area contributed by atoms with Crippen molar-refractivity contribution >= 4 is 11.8 Å². The van der Waals surface area contributed by atoms with Crippen LogP contribution in [0.1, 0.15) is 52.1 Å². The highest BCUT2D eigenvalue weighted by molar-refractivity contribution is 5.88. The first-order valence-corrected chi connectivity index (χ1v) is 10.5. The predicted molar refractivity (Wildman–Crippen MR) is 117 cm³/mol. The van der Waals surface area contributed by atoms with Crippen LogP contribution in [0.2, 0.25) is 0 Å². The molecule has 7 heteroatoms. The molecule has 3 rings (SSSR count). The summed E-state index contributed by atoms with van der Waals surface area (Å²) < 4.78 is 1.71. The normalized spacial score (nSPS) is 17.9. The molecule has 2 aromatic rings. The maximum atomic E-state index is 12.8. The van der Waals surface area contributed by atoms with E-state index in [9.17, 15) is 4.79 Å². The molecule has 1 aliphatic rings. The second-order valence-electron chi connectivity index (χ2n) is 9.04. The van der Waals surface area contributed by atoms with Gasteiger partial charge >= 0.3 is 6.03 Å². The molecule has 1 aliphatic heterocycles. The number of urea groups is 1. The molecule has 1 atom stereocenters. The van der Waals surface area contributed by atoms with Gasteiger partial charge in [-0.3, -0.25) is 5.32 Å². The van der Waals surface area contributed by atoms with E-state index < -0.39 is 0 Å². The van der Waals surface area contributed by atoms with Crippen molar-refractivity contribution in [2.45, 2.75) is 57.9 Å². The molecule has 0 radical (unpaired) electrons. The first kappa shape index (κ1) is 21.3. The van der Waals surface area contributed by atoms with E-state index in [1.165, 1.54) is 19.3 Å². The number of hydrogen-bond acceptors (Lipinski definition) is 4. The number of aromatic nitrogens is 3. The van der Waals surface area contributed by atoms with Gasteiger partial charge in [-0.15, -0.1) is 0 Å². The highest BCUT2D eigenvalue weighted by Crippen LogP contribution is 2.26. The highest BCUT2D eigenvalue weighted by atomic mass is 16.2. The van der Waals surface area contributed by atoms with Gasteiger partial charge in [-0.25, -0.2) is 9.78 Å². The third kappa shape index (κ3) is 5.35. The van der Waals surface area contributed by atoms with E-state index in [-0.39, 0.29) is 11.4 Å². The summed E-state index contributed by atoms with van der Waals surface area (Å²) in [6.07, 6.45) is 6.49. The molecular formula is C22H34N6O. The van der Waals surface area contributed by atoms with Gasteiger partial charge in [0.25, 0.3) is 0 Å². The Morgan fingerprint density at radius 1 is 1.31 bits per heavy atom. The number of amides is 2. The summed E-state index contributed by atoms with van der Waals surface area (Å²) in [7, 11) is 4.04. The molecule has 0 spiro atoms. The molecule has 1 unspecified atom stereocenters. The minimum atomic E-state index is -0.128. The van der Waals surface area contributed by atoms with Crippen molar-refractivity contribution in [3.05, 3.63) is 36.2 Å². The number of rotatable bonds is 5. The zero-order valence-electron chi connectivity index (χ0n) is 18.4. The number of piperidine rings is 1. The summed E-state index contributed by atoms with van der Waals surface area (Å²) in [4.78, 5) is 21.4. The Morgan fingerprint density at radius 2 is 2.10 bits per heavy atom. The smallest absolute Gasteiger partial charge is 0.322 e. The second-order valence-corrected chi connectivity index (χ2v) is 9.04. The van der Waals surface area contributed by atoms with Crippen molar-refractivity contribution in [3.8, 4) is 5.82 Å². The maximum Gasteiger partial charge on any atom is 0.322 e. The number of nitrogens with one attached hydrogen (secondary N) is 1. The van der Waals surface area contributed by atoms with Crippen LogP contribution >= 0.6 is 0 Å². The van der Waals surface area contributed by atoms with Crippen molar-refractivity contribution in [1.82, 2.24) is 24.6 Å². The molecule has 158 valence electrons. The van der Waals surface area contributed by atoms with Gasteiger partial charge < -0.3 is 9.80 Å². The number of hydrogen-bond donors (Lipinski definition) is 1. The second kappa shape index (κ2) is 8.95. The molecule has 1 fully saturated rings. The van der Waals surface area contributed by atoms with Crippen molar-refractivity contribution in [2.75, 3.05) is 32.5 Å². The van der Waals surface area contributed by atoms with Gasteiger partial charge in [0.15, 0.2) is 5.82 Å². The molecular weight excluding hydrogens is 364 g/mol. The maximum absolute atomic E-state index is 12.8. The fourth-order valence-corrected chi connectivity index (χ4v) is 3.65. The van der Waals surface area contributed by atoms with Gasteiger partial charge in [-0.1, -0.05) is 33.3 Å². The van der Waals surface area contributed by atoms with Gasteiger partial charge in [0.1, 0.15) is 5.82 Å². The number of likely N-dealkylation sites (tertiary alicyclic amines) is 1. The van der Waals surface area contributed by atoms with Gasteiger partial charge in [-0.2, -0.15) is 9.78 Å². The molecule has 2 amide bonds. The summed E-state index contributed by atoms with van der Waals surface area (Å²) in [5.74, 6) is 1.32. The van der Waals surface area contributed by atoms with E-state index in [1.54, 1.807) is 15.8 Å². The first-order chi connectivity index (χ1) is 13.8. The Kier molecular flexibility index (Phi) is 6.57. The molecule has 3 heterocycles. The number of nitrogens with zero attached hydrogens (tertiary/aromatic N) is 5. The number of anilines is 1. The molecule has 1 saturated heterocycles. The quantitative estimate of drug-likeness (QED) is 0.829. The number of carbonyl (C=O) groups excluding carboxylic acids is 1. The standard InChI is InChI=1S/C22H34N6O/c1-22(2,3)18-16-20(28(25-18)19-11-6-8-13-23-19)24-21(29)27(5)15-12-17-10-7-9-14-26(17)4/h6,8,11,13,16-17H,7,9-10,12,14-15H2,1-5H3,(H,24,29). The van der Waals surface area contributed by atoms with E-state index in [0.29, 0.717) is 17.7 Å². The fraction of sp³-hybridized carbons (Fsp3) is 0.591. The summed E-state index contributed by atoms with van der Waals surface area (Å²) in [5.41, 5.74) is 0.779. The minimum Gasteiger partial charge on any atom is -0.327 e. The van der Waals surface area contributed by atoms with Gasteiger partial charge in [0.05, 0.1) is 5.69 Å². The Hall–Kier alpha value is -2.41. The lowest BCUT2D eigenvalue weighted by molar-refractivity contribution is 0.162. The zero-order valence-corrected chi connectivity index (χ0v) is 18.4. The lowest BCUT2D eigenvalue weighted by Crippen LogP contribution is -2.40. The minimum absolute atomic E-state index is 0.124. The zero-order chi connectivity index (χ0) is 21.0. The van der Waals surface area contributed by atoms with E-state index in [1.807, 2.05) is 31.3 Å². The molecule has 0 bridgehead atoms. The van der Waals surface area contributed by atoms with Crippen molar-refractivity contribution in [2.24, 2.45) is 0 Å². The van der Waals surface area contributed by atoms with Crippen LogP contribution in [-0.2, 0) is 5.41 Å². The Labute approximate surface area is 174 Å². The van der Waals surface area contributed by atoms with Crippen LogP contribution in [0.5, 0.6) is 0 Å². The number of pyridine rings is 1. The average molecular weight is 399 g/mol. The lowest BCUT2D eigenvalue weighted by atomic mass is 9.92. The van der Waals surface area contributed by atoms with Crippen LogP contribution < -0.4 is 5.32 Å². The molecule has 0 saturated carbocycles. The van der Waals surface area contributed by atoms with E-state index in [4.69, 9.17) is 5.10 Å². The van der Waals surface area contributed by atoms with Crippen molar-refractivity contribution < 1.29 is 4.79 Å². The van der Waals surface area contributed by atoms with E-state index in [2.05, 4.69) is 43.0 Å². The van der Waals surface area contributed by atoms with E-state index >= 15 is 0 Å². The monoisotopic (exact) mass is 398 g/mol. The Bertz CT molecular complexity index is 810. The largest absolute Gasteiger partial charge is 0.327 e. The Morgan fingerprint density at radius 3 is 2.76 bits per heavy atom. The molecule has 0 aliphatic carbocycles. The highest BCUT2D eigenvalue weighted by Gasteiger charge is 2.23. The van der Waals surface area contributed by atoms with Crippen LogP contribution in [0.15, 0.2) is 30.5 Å². The third-order valence-corrected chi connectivity index (χ3v) is 5.65. The lowest BCUT2D eigenvalue weighted by Gasteiger charge is -2.33. The van der Waals surface area contributed by atoms with Crippen molar-refractivity contribution in [1.29, 1.82) is 0 Å². The van der Waals surface area contributed by atoms with Gasteiger partial charge in [0, 0.05) is 37.3 Å². The summed E-state index contributed by atoms with van der Waals surface area (Å²) in [6, 6.07) is 8.05. The van der Waals surface area contributed by atoms with Gasteiger partial charge in [-0.05, 0) is 45.0 Å². The predicted octanol–water partition coefficient (Wildman–Crippen LogP) is 3.90. The van der Waals surface area contributed by atoms with Crippen molar-refractivity contribution in [3.63, 3.8) is 0 Å². The van der Waals surface area contributed by atoms with Crippen LogP contribution in [-0.4, -0.2) is 63.8 Å². The average Bonchev–Trinajstić information content (AvgIpc) is 3.12. The molecule has 0 aromatic carbocycles. The third-order valence-electron chi connectivity index (χ3n) is 5.65. The summed E-state index contributed by atoms with van der Waals surface area (Å²) in [5, 5.41) is 7.74. The fourth-order valence-electron chi connectivity index (χ4n) is 3.65. The Balaban J connectivity index is 1.71.